The first-order valence-corrected chi connectivity index (χ1v) is 5.86. The second-order valence-electron chi connectivity index (χ2n) is 4.41. The lowest BCUT2D eigenvalue weighted by Gasteiger charge is -2.34. The minimum atomic E-state index is -5.17. The zero-order chi connectivity index (χ0) is 15.0. The Morgan fingerprint density at radius 3 is 2.50 bits per heavy atom. The van der Waals surface area contributed by atoms with Gasteiger partial charge in [0.1, 0.15) is 5.58 Å². The summed E-state index contributed by atoms with van der Waals surface area (Å²) in [4.78, 5) is 0. The fraction of sp³-hybridized carbons (Fsp3) is 0.385. The first-order chi connectivity index (χ1) is 9.34. The van der Waals surface area contributed by atoms with Gasteiger partial charge in [0.2, 0.25) is 5.67 Å². The number of rotatable bonds is 4. The standard InChI is InChI=1S/C13H13F4NO2/c1-18-11(7-19)12(14,13(15,16)17)9-2-3-10-8(6-9)4-5-20-10/h2-6,11,18-19H,7H2,1H3. The van der Waals surface area contributed by atoms with Crippen LogP contribution in [0.5, 0.6) is 0 Å². The molecule has 1 aromatic heterocycles. The number of furan rings is 1. The van der Waals surface area contributed by atoms with Crippen molar-refractivity contribution in [1.29, 1.82) is 0 Å². The van der Waals surface area contributed by atoms with E-state index in [1.165, 1.54) is 18.4 Å². The Labute approximate surface area is 112 Å². The van der Waals surface area contributed by atoms with Crippen molar-refractivity contribution in [2.45, 2.75) is 17.9 Å². The third-order valence-corrected chi connectivity index (χ3v) is 3.30. The van der Waals surface area contributed by atoms with E-state index < -0.39 is 30.1 Å². The van der Waals surface area contributed by atoms with Crippen molar-refractivity contribution < 1.29 is 27.1 Å². The van der Waals surface area contributed by atoms with Gasteiger partial charge in [-0.05, 0) is 25.2 Å². The number of fused-ring (bicyclic) bond motifs is 1. The van der Waals surface area contributed by atoms with Crippen molar-refractivity contribution in [1.82, 2.24) is 5.32 Å². The van der Waals surface area contributed by atoms with Crippen LogP contribution in [0.2, 0.25) is 0 Å². The number of halogens is 4. The highest BCUT2D eigenvalue weighted by Gasteiger charge is 2.61. The predicted octanol–water partition coefficient (Wildman–Crippen LogP) is 2.74. The largest absolute Gasteiger partial charge is 0.464 e. The van der Waals surface area contributed by atoms with Crippen LogP contribution in [-0.2, 0) is 5.67 Å². The predicted molar refractivity (Wildman–Crippen MR) is 65.0 cm³/mol. The van der Waals surface area contributed by atoms with Gasteiger partial charge >= 0.3 is 6.18 Å². The molecule has 0 fully saturated rings. The van der Waals surface area contributed by atoms with Gasteiger partial charge in [-0.15, -0.1) is 0 Å². The average Bonchev–Trinajstić information content (AvgIpc) is 2.85. The van der Waals surface area contributed by atoms with Crippen molar-refractivity contribution >= 4 is 11.0 Å². The van der Waals surface area contributed by atoms with E-state index in [-0.39, 0.29) is 0 Å². The lowest BCUT2D eigenvalue weighted by molar-refractivity contribution is -0.248. The lowest BCUT2D eigenvalue weighted by Crippen LogP contribution is -2.55. The minimum Gasteiger partial charge on any atom is -0.464 e. The van der Waals surface area contributed by atoms with Crippen LogP contribution in [-0.4, -0.2) is 31.0 Å². The van der Waals surface area contributed by atoms with Crippen LogP contribution in [0.3, 0.4) is 0 Å². The van der Waals surface area contributed by atoms with E-state index in [4.69, 9.17) is 9.52 Å². The quantitative estimate of drug-likeness (QED) is 0.851. The molecule has 20 heavy (non-hydrogen) atoms. The van der Waals surface area contributed by atoms with Crippen molar-refractivity contribution in [3.8, 4) is 0 Å². The molecule has 1 heterocycles. The number of aliphatic hydroxyl groups is 1. The molecule has 1 aromatic carbocycles. The van der Waals surface area contributed by atoms with Crippen molar-refractivity contribution in [2.24, 2.45) is 0 Å². The molecule has 3 nitrogen and oxygen atoms in total. The van der Waals surface area contributed by atoms with E-state index in [1.54, 1.807) is 0 Å². The van der Waals surface area contributed by atoms with Crippen LogP contribution in [0.15, 0.2) is 34.9 Å². The van der Waals surface area contributed by atoms with E-state index in [0.717, 1.165) is 19.2 Å². The maximum absolute atomic E-state index is 14.8. The van der Waals surface area contributed by atoms with Gasteiger partial charge in [0, 0.05) is 10.9 Å². The van der Waals surface area contributed by atoms with E-state index in [2.05, 4.69) is 5.32 Å². The zero-order valence-electron chi connectivity index (χ0n) is 10.5. The smallest absolute Gasteiger partial charge is 0.428 e. The van der Waals surface area contributed by atoms with Crippen LogP contribution < -0.4 is 5.32 Å². The van der Waals surface area contributed by atoms with E-state index in [0.29, 0.717) is 11.0 Å². The molecule has 0 bridgehead atoms. The number of benzene rings is 1. The molecule has 2 N–H and O–H groups in total. The molecule has 0 radical (unpaired) electrons. The first-order valence-electron chi connectivity index (χ1n) is 5.86. The Kier molecular flexibility index (Phi) is 3.75. The highest BCUT2D eigenvalue weighted by molar-refractivity contribution is 5.78. The van der Waals surface area contributed by atoms with Gasteiger partial charge in [-0.2, -0.15) is 13.2 Å². The van der Waals surface area contributed by atoms with Crippen molar-refractivity contribution in [3.05, 3.63) is 36.1 Å². The normalized spacial score (nSPS) is 17.1. The summed E-state index contributed by atoms with van der Waals surface area (Å²) in [6.07, 6.45) is -3.86. The Bertz CT molecular complexity index is 591. The van der Waals surface area contributed by atoms with E-state index in [1.807, 2.05) is 0 Å². The fourth-order valence-corrected chi connectivity index (χ4v) is 2.17. The third kappa shape index (κ3) is 2.16. The van der Waals surface area contributed by atoms with E-state index >= 15 is 0 Å². The zero-order valence-corrected chi connectivity index (χ0v) is 10.5. The topological polar surface area (TPSA) is 45.4 Å². The summed E-state index contributed by atoms with van der Waals surface area (Å²) in [7, 11) is 1.16. The molecule has 2 atom stereocenters. The highest BCUT2D eigenvalue weighted by Crippen LogP contribution is 2.45. The average molecular weight is 291 g/mol. The maximum Gasteiger partial charge on any atom is 0.428 e. The molecule has 0 saturated carbocycles. The van der Waals surface area contributed by atoms with Crippen LogP contribution in [0.25, 0.3) is 11.0 Å². The number of aliphatic hydroxyl groups excluding tert-OH is 1. The summed E-state index contributed by atoms with van der Waals surface area (Å²) in [5.74, 6) is 0. The molecule has 0 aliphatic rings. The molecule has 0 amide bonds. The van der Waals surface area contributed by atoms with E-state index in [9.17, 15) is 17.6 Å². The summed E-state index contributed by atoms with van der Waals surface area (Å²) in [6, 6.07) is 3.01. The first kappa shape index (κ1) is 14.8. The maximum atomic E-state index is 14.8. The lowest BCUT2D eigenvalue weighted by atomic mass is 9.87. The van der Waals surface area contributed by atoms with Crippen LogP contribution in [0, 0.1) is 0 Å². The monoisotopic (exact) mass is 291 g/mol. The fourth-order valence-electron chi connectivity index (χ4n) is 2.17. The summed E-state index contributed by atoms with van der Waals surface area (Å²) in [5, 5.41) is 11.6. The number of nitrogens with one attached hydrogen (secondary N) is 1. The van der Waals surface area contributed by atoms with Crippen LogP contribution >= 0.6 is 0 Å². The molecule has 2 rings (SSSR count). The van der Waals surface area contributed by atoms with Crippen molar-refractivity contribution in [3.63, 3.8) is 0 Å². The van der Waals surface area contributed by atoms with Crippen molar-refractivity contribution in [2.75, 3.05) is 13.7 Å². The number of alkyl halides is 4. The van der Waals surface area contributed by atoms with Gasteiger partial charge in [-0.1, -0.05) is 6.07 Å². The molecule has 0 aliphatic heterocycles. The molecule has 0 spiro atoms. The molecular formula is C13H13F4NO2. The number of hydrogen-bond acceptors (Lipinski definition) is 3. The summed E-state index contributed by atoms with van der Waals surface area (Å²) in [5.41, 5.74) is -3.90. The second-order valence-corrected chi connectivity index (χ2v) is 4.41. The van der Waals surface area contributed by atoms with Gasteiger partial charge < -0.3 is 14.8 Å². The number of likely N-dealkylation sites (N-methyl/N-ethyl adjacent to an activating group) is 1. The second kappa shape index (κ2) is 5.06. The molecule has 7 heteroatoms. The Morgan fingerprint density at radius 2 is 1.95 bits per heavy atom. The molecule has 0 saturated heterocycles. The van der Waals surface area contributed by atoms with Gasteiger partial charge in [-0.3, -0.25) is 0 Å². The van der Waals surface area contributed by atoms with Gasteiger partial charge in [0.05, 0.1) is 18.9 Å². The SMILES string of the molecule is CNC(CO)C(F)(c1ccc2occc2c1)C(F)(F)F. The molecule has 2 unspecified atom stereocenters. The summed E-state index contributed by atoms with van der Waals surface area (Å²) >= 11 is 0. The van der Waals surface area contributed by atoms with Gasteiger partial charge in [-0.25, -0.2) is 4.39 Å². The Balaban J connectivity index is 2.61. The highest BCUT2D eigenvalue weighted by atomic mass is 19.4. The van der Waals surface area contributed by atoms with Crippen LogP contribution in [0.1, 0.15) is 5.56 Å². The minimum absolute atomic E-state index is 0.363. The Morgan fingerprint density at radius 1 is 1.25 bits per heavy atom. The Hall–Kier alpha value is -1.60. The summed E-state index contributed by atoms with van der Waals surface area (Å²) < 4.78 is 59.3. The summed E-state index contributed by atoms with van der Waals surface area (Å²) in [6.45, 7) is -0.990. The number of hydrogen-bond donors (Lipinski definition) is 2. The molecule has 2 aromatic rings. The van der Waals surface area contributed by atoms with Gasteiger partial charge in [0.25, 0.3) is 0 Å². The molecular weight excluding hydrogens is 278 g/mol. The van der Waals surface area contributed by atoms with Gasteiger partial charge in [0.15, 0.2) is 0 Å². The molecule has 0 aliphatic carbocycles. The third-order valence-electron chi connectivity index (χ3n) is 3.30. The van der Waals surface area contributed by atoms with Crippen LogP contribution in [0.4, 0.5) is 17.6 Å². The molecule has 110 valence electrons.